The lowest BCUT2D eigenvalue weighted by molar-refractivity contribution is -0.130. The van der Waals surface area contributed by atoms with Crippen LogP contribution in [0.5, 0.6) is 11.5 Å². The fraction of sp³-hybridized carbons (Fsp3) is 0.562. The van der Waals surface area contributed by atoms with Gasteiger partial charge in [0.05, 0.1) is 6.54 Å². The lowest BCUT2D eigenvalue weighted by atomic mass is 10.0. The van der Waals surface area contributed by atoms with E-state index in [2.05, 4.69) is 17.0 Å². The van der Waals surface area contributed by atoms with Gasteiger partial charge >= 0.3 is 0 Å². The Balaban J connectivity index is 1.77. The van der Waals surface area contributed by atoms with Crippen LogP contribution in [-0.4, -0.2) is 56.1 Å². The summed E-state index contributed by atoms with van der Waals surface area (Å²) in [4.78, 5) is 15.9. The van der Waals surface area contributed by atoms with Crippen LogP contribution in [0.1, 0.15) is 24.4 Å². The van der Waals surface area contributed by atoms with E-state index in [-0.39, 0.29) is 5.91 Å². The van der Waals surface area contributed by atoms with Gasteiger partial charge in [0.1, 0.15) is 13.2 Å². The summed E-state index contributed by atoms with van der Waals surface area (Å²) in [5.41, 5.74) is 1.21. The van der Waals surface area contributed by atoms with Gasteiger partial charge in [0, 0.05) is 20.1 Å². The van der Waals surface area contributed by atoms with Gasteiger partial charge in [0.15, 0.2) is 11.5 Å². The Kier molecular flexibility index (Phi) is 4.01. The Bertz CT molecular complexity index is 530. The fourth-order valence-electron chi connectivity index (χ4n) is 2.98. The van der Waals surface area contributed by atoms with Gasteiger partial charge in [-0.3, -0.25) is 9.69 Å². The van der Waals surface area contributed by atoms with E-state index in [0.29, 0.717) is 25.8 Å². The smallest absolute Gasteiger partial charge is 0.236 e. The van der Waals surface area contributed by atoms with Crippen LogP contribution in [0.25, 0.3) is 0 Å². The molecule has 3 rings (SSSR count). The number of carbonyl (C=O) groups is 1. The quantitative estimate of drug-likeness (QED) is 0.849. The summed E-state index contributed by atoms with van der Waals surface area (Å²) in [6.07, 6.45) is 2.21. The molecular weight excluding hydrogens is 268 g/mol. The predicted octanol–water partition coefficient (Wildman–Crippen LogP) is 1.68. The van der Waals surface area contributed by atoms with Crippen LogP contribution in [0.3, 0.4) is 0 Å². The number of ether oxygens (including phenoxy) is 2. The first-order chi connectivity index (χ1) is 10.1. The fourth-order valence-corrected chi connectivity index (χ4v) is 2.98. The molecule has 0 saturated carbocycles. The standard InChI is InChI=1S/C16H22N2O3/c1-17(2)16(19)11-18-7-3-4-13(18)12-5-6-14-15(10-12)21-9-8-20-14/h5-6,10,13H,3-4,7-9,11H2,1-2H3/t13-/m1/s1. The number of fused-ring (bicyclic) bond motifs is 1. The zero-order chi connectivity index (χ0) is 14.8. The predicted molar refractivity (Wildman–Crippen MR) is 79.7 cm³/mol. The molecule has 1 amide bonds. The lowest BCUT2D eigenvalue weighted by Gasteiger charge is -2.27. The first-order valence-corrected chi connectivity index (χ1v) is 7.49. The Labute approximate surface area is 125 Å². The molecule has 5 heteroatoms. The summed E-state index contributed by atoms with van der Waals surface area (Å²) < 4.78 is 11.2. The number of benzene rings is 1. The maximum Gasteiger partial charge on any atom is 0.236 e. The van der Waals surface area contributed by atoms with E-state index in [4.69, 9.17) is 9.47 Å². The first kappa shape index (κ1) is 14.2. The van der Waals surface area contributed by atoms with Crippen LogP contribution in [0, 0.1) is 0 Å². The van der Waals surface area contributed by atoms with Gasteiger partial charge in [-0.05, 0) is 37.1 Å². The molecule has 0 bridgehead atoms. The van der Waals surface area contributed by atoms with Crippen LogP contribution in [0.4, 0.5) is 0 Å². The average molecular weight is 290 g/mol. The highest BCUT2D eigenvalue weighted by atomic mass is 16.6. The van der Waals surface area contributed by atoms with Crippen LogP contribution in [0.2, 0.25) is 0 Å². The molecule has 1 fully saturated rings. The van der Waals surface area contributed by atoms with E-state index in [1.807, 2.05) is 6.07 Å². The van der Waals surface area contributed by atoms with Crippen LogP contribution < -0.4 is 9.47 Å². The third kappa shape index (κ3) is 2.97. The minimum Gasteiger partial charge on any atom is -0.486 e. The maximum absolute atomic E-state index is 11.9. The number of carbonyl (C=O) groups excluding carboxylic acids is 1. The molecule has 1 atom stereocenters. The van der Waals surface area contributed by atoms with Crippen molar-refractivity contribution in [2.75, 3.05) is 40.4 Å². The number of hydrogen-bond donors (Lipinski definition) is 0. The highest BCUT2D eigenvalue weighted by Crippen LogP contribution is 2.37. The van der Waals surface area contributed by atoms with Crippen LogP contribution in [-0.2, 0) is 4.79 Å². The van der Waals surface area contributed by atoms with E-state index in [1.165, 1.54) is 5.56 Å². The third-order valence-electron chi connectivity index (χ3n) is 4.15. The van der Waals surface area contributed by atoms with Gasteiger partial charge in [-0.25, -0.2) is 0 Å². The van der Waals surface area contributed by atoms with Gasteiger partial charge in [0.25, 0.3) is 0 Å². The van der Waals surface area contributed by atoms with Gasteiger partial charge in [-0.1, -0.05) is 6.07 Å². The molecular formula is C16H22N2O3. The molecule has 2 heterocycles. The largest absolute Gasteiger partial charge is 0.486 e. The topological polar surface area (TPSA) is 42.0 Å². The van der Waals surface area contributed by atoms with Crippen molar-refractivity contribution in [2.24, 2.45) is 0 Å². The van der Waals surface area contributed by atoms with Gasteiger partial charge in [-0.15, -0.1) is 0 Å². The van der Waals surface area contributed by atoms with Crippen molar-refractivity contribution in [3.8, 4) is 11.5 Å². The Morgan fingerprint density at radius 1 is 1.29 bits per heavy atom. The summed E-state index contributed by atoms with van der Waals surface area (Å²) >= 11 is 0. The molecule has 21 heavy (non-hydrogen) atoms. The Hall–Kier alpha value is -1.75. The molecule has 1 aromatic rings. The zero-order valence-electron chi connectivity index (χ0n) is 12.7. The number of amides is 1. The van der Waals surface area contributed by atoms with Gasteiger partial charge in [-0.2, -0.15) is 0 Å². The van der Waals surface area contributed by atoms with Crippen molar-refractivity contribution in [2.45, 2.75) is 18.9 Å². The molecule has 0 unspecified atom stereocenters. The second-order valence-electron chi connectivity index (χ2n) is 5.82. The van der Waals surface area contributed by atoms with Gasteiger partial charge in [0.2, 0.25) is 5.91 Å². The number of rotatable bonds is 3. The summed E-state index contributed by atoms with van der Waals surface area (Å²) in [5, 5.41) is 0. The van der Waals surface area contributed by atoms with Crippen molar-refractivity contribution >= 4 is 5.91 Å². The molecule has 2 aliphatic rings. The number of hydrogen-bond acceptors (Lipinski definition) is 4. The molecule has 0 spiro atoms. The number of likely N-dealkylation sites (tertiary alicyclic amines) is 1. The second-order valence-corrected chi connectivity index (χ2v) is 5.82. The highest BCUT2D eigenvalue weighted by Gasteiger charge is 2.29. The molecule has 1 saturated heterocycles. The monoisotopic (exact) mass is 290 g/mol. The lowest BCUT2D eigenvalue weighted by Crippen LogP contribution is -2.36. The van der Waals surface area contributed by atoms with Crippen molar-refractivity contribution in [3.63, 3.8) is 0 Å². The molecule has 0 aliphatic carbocycles. The van der Waals surface area contributed by atoms with E-state index in [9.17, 15) is 4.79 Å². The molecule has 0 radical (unpaired) electrons. The minimum absolute atomic E-state index is 0.152. The van der Waals surface area contributed by atoms with Crippen molar-refractivity contribution in [1.29, 1.82) is 0 Å². The molecule has 1 aromatic carbocycles. The summed E-state index contributed by atoms with van der Waals surface area (Å²) in [6.45, 7) is 2.66. The molecule has 0 N–H and O–H groups in total. The van der Waals surface area contributed by atoms with Crippen molar-refractivity contribution in [1.82, 2.24) is 9.80 Å². The first-order valence-electron chi connectivity index (χ1n) is 7.49. The normalized spacial score (nSPS) is 21.3. The van der Waals surface area contributed by atoms with Crippen molar-refractivity contribution in [3.05, 3.63) is 23.8 Å². The third-order valence-corrected chi connectivity index (χ3v) is 4.15. The molecule has 0 aromatic heterocycles. The molecule has 114 valence electrons. The summed E-state index contributed by atoms with van der Waals surface area (Å²) in [5.74, 6) is 1.79. The van der Waals surface area contributed by atoms with Gasteiger partial charge < -0.3 is 14.4 Å². The number of likely N-dealkylation sites (N-methyl/N-ethyl adjacent to an activating group) is 1. The Morgan fingerprint density at radius 2 is 2.05 bits per heavy atom. The SMILES string of the molecule is CN(C)C(=O)CN1CCC[C@@H]1c1ccc2c(c1)OCCO2. The zero-order valence-corrected chi connectivity index (χ0v) is 12.7. The van der Waals surface area contributed by atoms with Crippen LogP contribution >= 0.6 is 0 Å². The minimum atomic E-state index is 0.152. The average Bonchev–Trinajstić information content (AvgIpc) is 2.94. The summed E-state index contributed by atoms with van der Waals surface area (Å²) in [7, 11) is 3.61. The van der Waals surface area contributed by atoms with Crippen molar-refractivity contribution < 1.29 is 14.3 Å². The summed E-state index contributed by atoms with van der Waals surface area (Å²) in [6, 6.07) is 6.44. The highest BCUT2D eigenvalue weighted by molar-refractivity contribution is 5.77. The van der Waals surface area contributed by atoms with Crippen LogP contribution in [0.15, 0.2) is 18.2 Å². The van der Waals surface area contributed by atoms with E-state index < -0.39 is 0 Å². The number of nitrogens with zero attached hydrogens (tertiary/aromatic N) is 2. The Morgan fingerprint density at radius 3 is 2.81 bits per heavy atom. The second kappa shape index (κ2) is 5.93. The maximum atomic E-state index is 11.9. The van der Waals surface area contributed by atoms with E-state index in [0.717, 1.165) is 30.9 Å². The molecule has 5 nitrogen and oxygen atoms in total. The molecule has 2 aliphatic heterocycles. The van der Waals surface area contributed by atoms with E-state index in [1.54, 1.807) is 19.0 Å². The van der Waals surface area contributed by atoms with E-state index >= 15 is 0 Å².